The molecule has 3 aliphatic rings. The summed E-state index contributed by atoms with van der Waals surface area (Å²) >= 11 is 0. The highest BCUT2D eigenvalue weighted by Crippen LogP contribution is 2.34. The third kappa shape index (κ3) is 4.66. The van der Waals surface area contributed by atoms with Gasteiger partial charge in [0.15, 0.2) is 0 Å². The van der Waals surface area contributed by atoms with E-state index in [2.05, 4.69) is 38.8 Å². The Bertz CT molecular complexity index is 1200. The van der Waals surface area contributed by atoms with E-state index in [1.54, 1.807) is 7.11 Å². The number of benzene rings is 2. The van der Waals surface area contributed by atoms with Gasteiger partial charge in [-0.1, -0.05) is 12.1 Å². The number of ether oxygens (including phenoxy) is 1. The van der Waals surface area contributed by atoms with Crippen molar-refractivity contribution in [1.82, 2.24) is 14.5 Å². The molecule has 1 aliphatic carbocycles. The number of anilines is 1. The van der Waals surface area contributed by atoms with Crippen LogP contribution in [0.25, 0.3) is 11.3 Å². The highest BCUT2D eigenvalue weighted by Gasteiger charge is 2.29. The maximum absolute atomic E-state index is 13.7. The smallest absolute Gasteiger partial charge is 0.254 e. The highest BCUT2D eigenvalue weighted by molar-refractivity contribution is 5.94. The Balaban J connectivity index is 1.34. The fourth-order valence-corrected chi connectivity index (χ4v) is 5.51. The molecule has 3 heterocycles. The molecule has 0 N–H and O–H groups in total. The lowest BCUT2D eigenvalue weighted by Crippen LogP contribution is -2.33. The van der Waals surface area contributed by atoms with Crippen molar-refractivity contribution in [3.63, 3.8) is 0 Å². The molecular formula is C29H34N4O2. The van der Waals surface area contributed by atoms with Gasteiger partial charge >= 0.3 is 0 Å². The number of imidazole rings is 1. The van der Waals surface area contributed by atoms with Gasteiger partial charge in [0.25, 0.3) is 5.91 Å². The number of rotatable bonds is 8. The van der Waals surface area contributed by atoms with Crippen molar-refractivity contribution in [2.24, 2.45) is 5.92 Å². The molecule has 0 atom stereocenters. The maximum atomic E-state index is 13.7. The average Bonchev–Trinajstić information content (AvgIpc) is 3.25. The van der Waals surface area contributed by atoms with Gasteiger partial charge < -0.3 is 19.1 Å². The molecule has 2 aliphatic heterocycles. The van der Waals surface area contributed by atoms with Crippen molar-refractivity contribution >= 4 is 11.6 Å². The molecule has 6 heteroatoms. The summed E-state index contributed by atoms with van der Waals surface area (Å²) in [4.78, 5) is 23.2. The molecule has 2 aromatic carbocycles. The zero-order valence-corrected chi connectivity index (χ0v) is 20.6. The van der Waals surface area contributed by atoms with Gasteiger partial charge in [0, 0.05) is 62.2 Å². The number of fused-ring (bicyclic) bond motifs is 1. The fourth-order valence-electron chi connectivity index (χ4n) is 5.51. The largest absolute Gasteiger partial charge is 0.497 e. The Hall–Kier alpha value is -3.28. The number of aryl methyl sites for hydroxylation is 2. The minimum absolute atomic E-state index is 0.0783. The summed E-state index contributed by atoms with van der Waals surface area (Å²) < 4.78 is 7.67. The van der Waals surface area contributed by atoms with Gasteiger partial charge in [-0.15, -0.1) is 0 Å². The number of hydrogen-bond acceptors (Lipinski definition) is 4. The topological polar surface area (TPSA) is 50.6 Å². The zero-order chi connectivity index (χ0) is 23.8. The standard InChI is InChI=1S/C29H34N4O2/c1-35-25-7-4-6-23(17-25)29(34)33(18-21-9-10-21)19-24-16-22(11-12-27(24)31-13-2-3-14-31)26-20-32-15-5-8-28(32)30-26/h4,6-7,11-12,16-17,20-21H,2-3,5,8-10,13-15,18-19H2,1H3. The average molecular weight is 471 g/mol. The first-order valence-electron chi connectivity index (χ1n) is 13.1. The van der Waals surface area contributed by atoms with Gasteiger partial charge in [0.2, 0.25) is 0 Å². The summed E-state index contributed by atoms with van der Waals surface area (Å²) in [6.07, 6.45) is 9.31. The second-order valence-corrected chi connectivity index (χ2v) is 10.2. The molecule has 0 spiro atoms. The molecule has 3 aromatic rings. The highest BCUT2D eigenvalue weighted by atomic mass is 16.5. The van der Waals surface area contributed by atoms with Crippen molar-refractivity contribution in [3.8, 4) is 17.0 Å². The molecule has 0 bridgehead atoms. The van der Waals surface area contributed by atoms with Crippen LogP contribution in [0.3, 0.4) is 0 Å². The van der Waals surface area contributed by atoms with Crippen LogP contribution in [-0.2, 0) is 19.5 Å². The molecule has 1 amide bonds. The lowest BCUT2D eigenvalue weighted by atomic mass is 10.0. The number of nitrogens with zero attached hydrogens (tertiary/aromatic N) is 4. The summed E-state index contributed by atoms with van der Waals surface area (Å²) in [6, 6.07) is 14.3. The minimum Gasteiger partial charge on any atom is -0.497 e. The van der Waals surface area contributed by atoms with E-state index in [0.717, 1.165) is 49.6 Å². The van der Waals surface area contributed by atoms with Crippen LogP contribution in [0.1, 0.15) is 53.8 Å². The van der Waals surface area contributed by atoms with Gasteiger partial charge in [0.05, 0.1) is 12.8 Å². The van der Waals surface area contributed by atoms with Crippen molar-refractivity contribution in [2.45, 2.75) is 51.6 Å². The van der Waals surface area contributed by atoms with Gasteiger partial charge in [-0.2, -0.15) is 0 Å². The molecule has 6 rings (SSSR count). The van der Waals surface area contributed by atoms with Gasteiger partial charge in [-0.05, 0) is 73.9 Å². The summed E-state index contributed by atoms with van der Waals surface area (Å²) in [7, 11) is 1.64. The van der Waals surface area contributed by atoms with Gasteiger partial charge in [-0.3, -0.25) is 4.79 Å². The van der Waals surface area contributed by atoms with Crippen molar-refractivity contribution in [2.75, 3.05) is 31.6 Å². The lowest BCUT2D eigenvalue weighted by Gasteiger charge is -2.28. The van der Waals surface area contributed by atoms with Crippen LogP contribution in [0, 0.1) is 5.92 Å². The number of amides is 1. The summed E-state index contributed by atoms with van der Waals surface area (Å²) in [5, 5.41) is 0. The van der Waals surface area contributed by atoms with E-state index in [-0.39, 0.29) is 5.91 Å². The summed E-state index contributed by atoms with van der Waals surface area (Å²) in [5.74, 6) is 2.59. The Labute approximate surface area is 207 Å². The molecule has 6 nitrogen and oxygen atoms in total. The second kappa shape index (κ2) is 9.40. The molecule has 0 radical (unpaired) electrons. The van der Waals surface area contributed by atoms with E-state index >= 15 is 0 Å². The van der Waals surface area contributed by atoms with Crippen LogP contribution >= 0.6 is 0 Å². The quantitative estimate of drug-likeness (QED) is 0.456. The first kappa shape index (κ1) is 22.2. The predicted molar refractivity (Wildman–Crippen MR) is 138 cm³/mol. The first-order valence-corrected chi connectivity index (χ1v) is 13.1. The zero-order valence-electron chi connectivity index (χ0n) is 20.6. The van der Waals surface area contributed by atoms with Crippen LogP contribution in [0.15, 0.2) is 48.7 Å². The summed E-state index contributed by atoms with van der Waals surface area (Å²) in [6.45, 7) is 4.64. The van der Waals surface area contributed by atoms with Gasteiger partial charge in [-0.25, -0.2) is 4.98 Å². The van der Waals surface area contributed by atoms with Crippen LogP contribution in [0.4, 0.5) is 5.69 Å². The van der Waals surface area contributed by atoms with Crippen molar-refractivity contribution < 1.29 is 9.53 Å². The molecular weight excluding hydrogens is 436 g/mol. The van der Waals surface area contributed by atoms with E-state index in [1.165, 1.54) is 49.2 Å². The number of methoxy groups -OCH3 is 1. The molecule has 35 heavy (non-hydrogen) atoms. The molecule has 2 fully saturated rings. The van der Waals surface area contributed by atoms with E-state index in [9.17, 15) is 4.79 Å². The predicted octanol–water partition coefficient (Wildman–Crippen LogP) is 5.16. The normalized spacial score (nSPS) is 17.0. The monoisotopic (exact) mass is 470 g/mol. The third-order valence-electron chi connectivity index (χ3n) is 7.62. The Morgan fingerprint density at radius 3 is 2.71 bits per heavy atom. The number of carbonyl (C=O) groups excluding carboxylic acids is 1. The lowest BCUT2D eigenvalue weighted by molar-refractivity contribution is 0.0734. The number of hydrogen-bond donors (Lipinski definition) is 0. The number of aromatic nitrogens is 2. The van der Waals surface area contributed by atoms with E-state index < -0.39 is 0 Å². The molecule has 1 aromatic heterocycles. The fraction of sp³-hybridized carbons (Fsp3) is 0.448. The third-order valence-corrected chi connectivity index (χ3v) is 7.62. The Kier molecular flexibility index (Phi) is 5.96. The van der Waals surface area contributed by atoms with Crippen LogP contribution in [-0.4, -0.2) is 47.1 Å². The summed E-state index contributed by atoms with van der Waals surface area (Å²) in [5.41, 5.74) is 5.35. The molecule has 0 unspecified atom stereocenters. The van der Waals surface area contributed by atoms with Crippen LogP contribution in [0.5, 0.6) is 5.75 Å². The molecule has 1 saturated carbocycles. The SMILES string of the molecule is COc1cccc(C(=O)N(Cc2cc(-c3cn4c(n3)CCC4)ccc2N2CCCC2)CC2CC2)c1. The molecule has 182 valence electrons. The second-order valence-electron chi connectivity index (χ2n) is 10.2. The number of carbonyl (C=O) groups is 1. The van der Waals surface area contributed by atoms with E-state index in [4.69, 9.17) is 9.72 Å². The minimum atomic E-state index is 0.0783. The van der Waals surface area contributed by atoms with E-state index in [1.807, 2.05) is 24.3 Å². The van der Waals surface area contributed by atoms with E-state index in [0.29, 0.717) is 18.0 Å². The molecule has 1 saturated heterocycles. The van der Waals surface area contributed by atoms with Crippen molar-refractivity contribution in [1.29, 1.82) is 0 Å². The van der Waals surface area contributed by atoms with Crippen LogP contribution < -0.4 is 9.64 Å². The maximum Gasteiger partial charge on any atom is 0.254 e. The van der Waals surface area contributed by atoms with Crippen LogP contribution in [0.2, 0.25) is 0 Å². The Morgan fingerprint density at radius 2 is 1.94 bits per heavy atom. The first-order chi connectivity index (χ1) is 17.2. The van der Waals surface area contributed by atoms with Crippen molar-refractivity contribution in [3.05, 3.63) is 65.6 Å². The Morgan fingerprint density at radius 1 is 1.09 bits per heavy atom. The van der Waals surface area contributed by atoms with Gasteiger partial charge in [0.1, 0.15) is 11.6 Å².